The molecule has 2 heterocycles. The van der Waals surface area contributed by atoms with Crippen molar-refractivity contribution in [3.8, 4) is 23.0 Å². The molecular weight excluding hydrogens is 456 g/mol. The van der Waals surface area contributed by atoms with Gasteiger partial charge in [-0.3, -0.25) is 0 Å². The van der Waals surface area contributed by atoms with E-state index in [0.717, 1.165) is 22.6 Å². The monoisotopic (exact) mass is 494 g/mol. The summed E-state index contributed by atoms with van der Waals surface area (Å²) in [4.78, 5) is 0. The van der Waals surface area contributed by atoms with Gasteiger partial charge >= 0.3 is 0 Å². The van der Waals surface area contributed by atoms with E-state index < -0.39 is 0 Å². The molecule has 194 valence electrons. The molecule has 2 aliphatic rings. The van der Waals surface area contributed by atoms with E-state index in [-0.39, 0.29) is 24.0 Å². The molecule has 2 saturated heterocycles. The molecule has 6 heteroatoms. The van der Waals surface area contributed by atoms with Crippen molar-refractivity contribution in [2.45, 2.75) is 39.9 Å². The van der Waals surface area contributed by atoms with Crippen molar-refractivity contribution in [1.29, 1.82) is 0 Å². The summed E-state index contributed by atoms with van der Waals surface area (Å²) in [7, 11) is 3.33. The van der Waals surface area contributed by atoms with E-state index in [4.69, 9.17) is 28.4 Å². The van der Waals surface area contributed by atoms with Gasteiger partial charge in [-0.25, -0.2) is 0 Å². The molecule has 2 aromatic rings. The highest BCUT2D eigenvalue weighted by Gasteiger charge is 2.48. The highest BCUT2D eigenvalue weighted by atomic mass is 16.5. The van der Waals surface area contributed by atoms with Crippen LogP contribution in [0.1, 0.15) is 51.0 Å². The van der Waals surface area contributed by atoms with Gasteiger partial charge in [-0.1, -0.05) is 23.3 Å². The molecule has 2 unspecified atom stereocenters. The smallest absolute Gasteiger partial charge is 0.161 e. The highest BCUT2D eigenvalue weighted by Crippen LogP contribution is 2.51. The van der Waals surface area contributed by atoms with Gasteiger partial charge < -0.3 is 28.4 Å². The maximum atomic E-state index is 6.32. The minimum Gasteiger partial charge on any atom is -0.493 e. The topological polar surface area (TPSA) is 55.4 Å². The molecule has 0 aromatic heterocycles. The van der Waals surface area contributed by atoms with Gasteiger partial charge in [-0.15, -0.1) is 0 Å². The summed E-state index contributed by atoms with van der Waals surface area (Å²) >= 11 is 0. The van der Waals surface area contributed by atoms with E-state index in [1.165, 1.54) is 11.1 Å². The number of ether oxygens (including phenoxy) is 6. The maximum Gasteiger partial charge on any atom is 0.161 e. The second-order valence-corrected chi connectivity index (χ2v) is 9.84. The Morgan fingerprint density at radius 3 is 1.47 bits per heavy atom. The number of rotatable bonds is 10. The molecule has 0 spiro atoms. The van der Waals surface area contributed by atoms with Crippen LogP contribution in [0.15, 0.2) is 59.7 Å². The summed E-state index contributed by atoms with van der Waals surface area (Å²) in [5, 5.41) is 0. The molecule has 2 aliphatic heterocycles. The molecular formula is C30H38O6. The molecule has 0 saturated carbocycles. The van der Waals surface area contributed by atoms with Crippen LogP contribution in [-0.2, 0) is 9.47 Å². The first-order valence-electron chi connectivity index (χ1n) is 12.5. The van der Waals surface area contributed by atoms with Crippen LogP contribution < -0.4 is 18.9 Å². The molecule has 36 heavy (non-hydrogen) atoms. The maximum absolute atomic E-state index is 6.32. The fourth-order valence-corrected chi connectivity index (χ4v) is 4.79. The van der Waals surface area contributed by atoms with E-state index >= 15 is 0 Å². The average Bonchev–Trinajstić information content (AvgIpc) is 3.46. The Balaban J connectivity index is 1.47. The van der Waals surface area contributed by atoms with Crippen LogP contribution in [0.4, 0.5) is 0 Å². The summed E-state index contributed by atoms with van der Waals surface area (Å²) in [5.74, 6) is 3.41. The summed E-state index contributed by atoms with van der Waals surface area (Å²) in [6.45, 7) is 10.5. The largest absolute Gasteiger partial charge is 0.493 e. The minimum atomic E-state index is -0.0469. The Labute approximate surface area is 214 Å². The zero-order valence-electron chi connectivity index (χ0n) is 22.2. The van der Waals surface area contributed by atoms with Gasteiger partial charge in [0.25, 0.3) is 0 Å². The van der Waals surface area contributed by atoms with Crippen LogP contribution in [0.3, 0.4) is 0 Å². The van der Waals surface area contributed by atoms with Gasteiger partial charge in [0.15, 0.2) is 23.0 Å². The predicted octanol–water partition coefficient (Wildman–Crippen LogP) is 6.47. The van der Waals surface area contributed by atoms with Crippen molar-refractivity contribution in [2.75, 3.05) is 40.6 Å². The Hall–Kier alpha value is -2.96. The fourth-order valence-electron chi connectivity index (χ4n) is 4.79. The van der Waals surface area contributed by atoms with E-state index in [9.17, 15) is 0 Å². The Morgan fingerprint density at radius 2 is 1.11 bits per heavy atom. The van der Waals surface area contributed by atoms with Crippen LogP contribution in [0.2, 0.25) is 0 Å². The summed E-state index contributed by atoms with van der Waals surface area (Å²) < 4.78 is 35.7. The molecule has 2 fully saturated rings. The molecule has 0 amide bonds. The zero-order chi connectivity index (χ0) is 25.7. The van der Waals surface area contributed by atoms with Gasteiger partial charge in [0, 0.05) is 11.8 Å². The molecule has 6 nitrogen and oxygen atoms in total. The van der Waals surface area contributed by atoms with Crippen LogP contribution in [0.5, 0.6) is 23.0 Å². The van der Waals surface area contributed by atoms with Crippen molar-refractivity contribution in [3.63, 3.8) is 0 Å². The van der Waals surface area contributed by atoms with E-state index in [0.29, 0.717) is 37.9 Å². The lowest BCUT2D eigenvalue weighted by Crippen LogP contribution is -2.14. The zero-order valence-corrected chi connectivity index (χ0v) is 22.2. The first-order valence-corrected chi connectivity index (χ1v) is 12.5. The molecule has 0 bridgehead atoms. The van der Waals surface area contributed by atoms with Crippen LogP contribution in [0.25, 0.3) is 0 Å². The Bertz CT molecular complexity index is 1010. The lowest BCUT2D eigenvalue weighted by molar-refractivity contribution is 0.0191. The summed E-state index contributed by atoms with van der Waals surface area (Å²) in [6, 6.07) is 12.1. The van der Waals surface area contributed by atoms with Crippen LogP contribution >= 0.6 is 0 Å². The quantitative estimate of drug-likeness (QED) is 0.353. The van der Waals surface area contributed by atoms with E-state index in [2.05, 4.69) is 39.8 Å². The third-order valence-corrected chi connectivity index (χ3v) is 6.76. The van der Waals surface area contributed by atoms with E-state index in [1.54, 1.807) is 14.2 Å². The third-order valence-electron chi connectivity index (χ3n) is 6.76. The summed E-state index contributed by atoms with van der Waals surface area (Å²) in [5.41, 5.74) is 4.60. The van der Waals surface area contributed by atoms with Crippen molar-refractivity contribution >= 4 is 0 Å². The van der Waals surface area contributed by atoms with Crippen LogP contribution in [0, 0.1) is 11.8 Å². The molecule has 4 rings (SSSR count). The molecule has 0 N–H and O–H groups in total. The molecule has 0 aliphatic carbocycles. The van der Waals surface area contributed by atoms with Gasteiger partial charge in [0.05, 0.1) is 39.6 Å². The number of allylic oxidation sites excluding steroid dienone is 2. The van der Waals surface area contributed by atoms with Crippen molar-refractivity contribution < 1.29 is 28.4 Å². The molecule has 4 atom stereocenters. The average molecular weight is 495 g/mol. The number of benzene rings is 2. The summed E-state index contributed by atoms with van der Waals surface area (Å²) in [6.07, 6.45) is 4.00. The lowest BCUT2D eigenvalue weighted by Gasteiger charge is -2.19. The standard InChI is InChI=1S/C30H38O6/c1-19(2)11-13-33-25-9-7-21(15-27(25)31-5)29-23-17-36-30(24(23)18-35-29)22-8-10-26(28(16-22)32-6)34-14-12-20(3)4/h7-12,15-16,23-24,29-30H,13-14,17-18H2,1-6H3/t23?,24?,29-,30-/m0/s1. The van der Waals surface area contributed by atoms with E-state index in [1.807, 2.05) is 36.4 Å². The van der Waals surface area contributed by atoms with Gasteiger partial charge in [0.1, 0.15) is 13.2 Å². The number of fused-ring (bicyclic) bond motifs is 1. The van der Waals surface area contributed by atoms with Crippen molar-refractivity contribution in [3.05, 3.63) is 70.8 Å². The van der Waals surface area contributed by atoms with Gasteiger partial charge in [-0.05, 0) is 75.2 Å². The van der Waals surface area contributed by atoms with Crippen LogP contribution in [-0.4, -0.2) is 40.6 Å². The number of methoxy groups -OCH3 is 2. The lowest BCUT2D eigenvalue weighted by atomic mass is 9.85. The predicted molar refractivity (Wildman–Crippen MR) is 140 cm³/mol. The number of hydrogen-bond donors (Lipinski definition) is 0. The second kappa shape index (κ2) is 11.8. The SMILES string of the molecule is COc1cc([C@@H]2OCC3C2CO[C@H]3c2ccc(OCC=C(C)C)c(OC)c2)ccc1OCC=C(C)C. The second-order valence-electron chi connectivity index (χ2n) is 9.84. The molecule has 0 radical (unpaired) electrons. The van der Waals surface area contributed by atoms with Crippen molar-refractivity contribution in [2.24, 2.45) is 11.8 Å². The fraction of sp³-hybridized carbons (Fsp3) is 0.467. The first-order chi connectivity index (χ1) is 17.4. The first kappa shape index (κ1) is 26.1. The third kappa shape index (κ3) is 5.88. The Kier molecular flexibility index (Phi) is 8.60. The Morgan fingerprint density at radius 1 is 0.694 bits per heavy atom. The van der Waals surface area contributed by atoms with Crippen molar-refractivity contribution in [1.82, 2.24) is 0 Å². The number of hydrogen-bond acceptors (Lipinski definition) is 6. The highest BCUT2D eigenvalue weighted by molar-refractivity contribution is 5.45. The van der Waals surface area contributed by atoms with Gasteiger partial charge in [-0.2, -0.15) is 0 Å². The normalized spacial score (nSPS) is 22.5. The minimum absolute atomic E-state index is 0.0469. The molecule has 2 aromatic carbocycles. The van der Waals surface area contributed by atoms with Gasteiger partial charge in [0.2, 0.25) is 0 Å².